The zero-order valence-corrected chi connectivity index (χ0v) is 11.9. The van der Waals surface area contributed by atoms with Crippen molar-refractivity contribution in [2.75, 3.05) is 5.43 Å². The largest absolute Gasteiger partial charge is 0.455 e. The van der Waals surface area contributed by atoms with Crippen molar-refractivity contribution in [1.29, 1.82) is 0 Å². The lowest BCUT2D eigenvalue weighted by molar-refractivity contribution is 0.575. The van der Waals surface area contributed by atoms with Gasteiger partial charge in [0, 0.05) is 5.56 Å². The maximum atomic E-state index is 5.98. The van der Waals surface area contributed by atoms with Gasteiger partial charge in [-0.2, -0.15) is 10.3 Å². The van der Waals surface area contributed by atoms with Crippen molar-refractivity contribution in [1.82, 2.24) is 20.6 Å². The summed E-state index contributed by atoms with van der Waals surface area (Å²) in [5.74, 6) is 1.49. The predicted octanol–water partition coefficient (Wildman–Crippen LogP) is 3.21. The first kappa shape index (κ1) is 13.6. The monoisotopic (exact) mass is 322 g/mol. The Kier molecular flexibility index (Phi) is 3.85. The SMILES string of the molecule is Clc1ccc(-c2ccc(C=NNc3nn[nH]n3)o2)cc1Cl. The molecule has 0 amide bonds. The number of nitrogens with one attached hydrogen (secondary N) is 2. The number of hydrogen-bond donors (Lipinski definition) is 2. The summed E-state index contributed by atoms with van der Waals surface area (Å²) < 4.78 is 5.63. The van der Waals surface area contributed by atoms with E-state index in [9.17, 15) is 0 Å². The van der Waals surface area contributed by atoms with Crippen molar-refractivity contribution in [3.05, 3.63) is 46.1 Å². The summed E-state index contributed by atoms with van der Waals surface area (Å²) in [7, 11) is 0. The summed E-state index contributed by atoms with van der Waals surface area (Å²) in [6.45, 7) is 0. The number of rotatable bonds is 4. The van der Waals surface area contributed by atoms with E-state index in [1.807, 2.05) is 12.1 Å². The molecule has 0 saturated heterocycles. The first-order chi connectivity index (χ1) is 10.2. The molecule has 0 aliphatic carbocycles. The van der Waals surface area contributed by atoms with Gasteiger partial charge in [0.05, 0.1) is 16.3 Å². The number of aromatic amines is 1. The van der Waals surface area contributed by atoms with Crippen molar-refractivity contribution in [2.45, 2.75) is 0 Å². The van der Waals surface area contributed by atoms with Crippen LogP contribution in [0.2, 0.25) is 10.0 Å². The number of halogens is 2. The maximum absolute atomic E-state index is 5.98. The van der Waals surface area contributed by atoms with Crippen molar-refractivity contribution in [3.8, 4) is 11.3 Å². The number of furan rings is 1. The summed E-state index contributed by atoms with van der Waals surface area (Å²) in [5, 5.41) is 18.0. The molecule has 0 bridgehead atoms. The van der Waals surface area contributed by atoms with Crippen molar-refractivity contribution >= 4 is 35.4 Å². The van der Waals surface area contributed by atoms with Crippen molar-refractivity contribution in [2.24, 2.45) is 5.10 Å². The number of tetrazole rings is 1. The number of benzene rings is 1. The van der Waals surface area contributed by atoms with E-state index < -0.39 is 0 Å². The predicted molar refractivity (Wildman–Crippen MR) is 79.6 cm³/mol. The van der Waals surface area contributed by atoms with E-state index in [2.05, 4.69) is 31.2 Å². The molecule has 3 rings (SSSR count). The molecule has 0 aliphatic rings. The molecular formula is C12H8Cl2N6O. The molecule has 0 unspecified atom stereocenters. The highest BCUT2D eigenvalue weighted by molar-refractivity contribution is 6.42. The summed E-state index contributed by atoms with van der Waals surface area (Å²) in [6.07, 6.45) is 1.50. The zero-order chi connectivity index (χ0) is 14.7. The Balaban J connectivity index is 1.73. The molecule has 106 valence electrons. The summed E-state index contributed by atoms with van der Waals surface area (Å²) >= 11 is 11.9. The van der Waals surface area contributed by atoms with Gasteiger partial charge in [-0.1, -0.05) is 28.3 Å². The van der Waals surface area contributed by atoms with Crippen LogP contribution in [-0.2, 0) is 0 Å². The van der Waals surface area contributed by atoms with E-state index >= 15 is 0 Å². The van der Waals surface area contributed by atoms with Gasteiger partial charge in [-0.05, 0) is 35.5 Å². The molecule has 0 saturated carbocycles. The van der Waals surface area contributed by atoms with E-state index in [0.29, 0.717) is 21.6 Å². The minimum atomic E-state index is 0.266. The highest BCUT2D eigenvalue weighted by atomic mass is 35.5. The fourth-order valence-corrected chi connectivity index (χ4v) is 1.89. The average molecular weight is 323 g/mol. The third-order valence-electron chi connectivity index (χ3n) is 2.53. The van der Waals surface area contributed by atoms with Gasteiger partial charge < -0.3 is 4.42 Å². The number of nitrogens with zero attached hydrogens (tertiary/aromatic N) is 4. The number of hydrazone groups is 1. The van der Waals surface area contributed by atoms with E-state index in [1.165, 1.54) is 6.21 Å². The van der Waals surface area contributed by atoms with Gasteiger partial charge >= 0.3 is 0 Å². The first-order valence-electron chi connectivity index (χ1n) is 5.80. The summed E-state index contributed by atoms with van der Waals surface area (Å²) in [5.41, 5.74) is 3.42. The Hall–Kier alpha value is -2.38. The molecule has 2 aromatic heterocycles. The second-order valence-corrected chi connectivity index (χ2v) is 4.75. The lowest BCUT2D eigenvalue weighted by Crippen LogP contribution is -1.91. The fourth-order valence-electron chi connectivity index (χ4n) is 1.59. The van der Waals surface area contributed by atoms with Gasteiger partial charge in [0.1, 0.15) is 11.5 Å². The van der Waals surface area contributed by atoms with Crippen LogP contribution in [0.15, 0.2) is 39.9 Å². The highest BCUT2D eigenvalue weighted by Gasteiger charge is 2.06. The number of aromatic nitrogens is 4. The van der Waals surface area contributed by atoms with Crippen LogP contribution >= 0.6 is 23.2 Å². The highest BCUT2D eigenvalue weighted by Crippen LogP contribution is 2.29. The second kappa shape index (κ2) is 5.94. The van der Waals surface area contributed by atoms with E-state index in [-0.39, 0.29) is 5.95 Å². The Bertz CT molecular complexity index is 768. The van der Waals surface area contributed by atoms with Crippen molar-refractivity contribution < 1.29 is 4.42 Å². The third-order valence-corrected chi connectivity index (χ3v) is 3.27. The van der Waals surface area contributed by atoms with Crippen LogP contribution in [0, 0.1) is 0 Å². The van der Waals surface area contributed by atoms with Crippen molar-refractivity contribution in [3.63, 3.8) is 0 Å². The molecule has 0 radical (unpaired) electrons. The van der Waals surface area contributed by atoms with Crippen LogP contribution in [-0.4, -0.2) is 26.8 Å². The average Bonchev–Trinajstić information content (AvgIpc) is 3.13. The second-order valence-electron chi connectivity index (χ2n) is 3.94. The molecular weight excluding hydrogens is 315 g/mol. The number of H-pyrrole nitrogens is 1. The molecule has 0 atom stereocenters. The Labute approximate surface area is 129 Å². The smallest absolute Gasteiger partial charge is 0.283 e. The molecule has 0 aliphatic heterocycles. The van der Waals surface area contributed by atoms with Crippen LogP contribution < -0.4 is 5.43 Å². The Morgan fingerprint density at radius 2 is 2.10 bits per heavy atom. The third kappa shape index (κ3) is 3.21. The van der Waals surface area contributed by atoms with Crippen LogP contribution in [0.3, 0.4) is 0 Å². The fraction of sp³-hybridized carbons (Fsp3) is 0. The summed E-state index contributed by atoms with van der Waals surface area (Å²) in [6, 6.07) is 8.87. The topological polar surface area (TPSA) is 92.0 Å². The Morgan fingerprint density at radius 1 is 1.19 bits per heavy atom. The standard InChI is InChI=1S/C12H8Cl2N6O/c13-9-3-1-7(5-10(9)14)11-4-2-8(21-11)6-15-16-12-17-19-20-18-12/h1-6H,(H2,16,17,18,19,20). The lowest BCUT2D eigenvalue weighted by atomic mass is 10.2. The van der Waals surface area contributed by atoms with Crippen LogP contribution in [0.1, 0.15) is 5.76 Å². The van der Waals surface area contributed by atoms with Crippen LogP contribution in [0.5, 0.6) is 0 Å². The van der Waals surface area contributed by atoms with E-state index in [4.69, 9.17) is 27.6 Å². The van der Waals surface area contributed by atoms with Gasteiger partial charge in [-0.15, -0.1) is 5.10 Å². The van der Waals surface area contributed by atoms with Gasteiger partial charge in [0.25, 0.3) is 5.95 Å². The Morgan fingerprint density at radius 3 is 2.86 bits per heavy atom. The van der Waals surface area contributed by atoms with Crippen LogP contribution in [0.4, 0.5) is 5.95 Å². The molecule has 2 N–H and O–H groups in total. The lowest BCUT2D eigenvalue weighted by Gasteiger charge is -1.99. The van der Waals surface area contributed by atoms with Gasteiger partial charge in [-0.3, -0.25) is 0 Å². The molecule has 2 heterocycles. The molecule has 9 heteroatoms. The summed E-state index contributed by atoms with van der Waals surface area (Å²) in [4.78, 5) is 0. The molecule has 1 aromatic carbocycles. The van der Waals surface area contributed by atoms with Gasteiger partial charge in [0.15, 0.2) is 0 Å². The normalized spacial score (nSPS) is 11.1. The molecule has 21 heavy (non-hydrogen) atoms. The minimum absolute atomic E-state index is 0.266. The molecule has 3 aromatic rings. The zero-order valence-electron chi connectivity index (χ0n) is 10.4. The van der Waals surface area contributed by atoms with Gasteiger partial charge in [0.2, 0.25) is 0 Å². The number of anilines is 1. The first-order valence-corrected chi connectivity index (χ1v) is 6.56. The van der Waals surface area contributed by atoms with Gasteiger partial charge in [-0.25, -0.2) is 5.43 Å². The minimum Gasteiger partial charge on any atom is -0.455 e. The number of hydrogen-bond acceptors (Lipinski definition) is 6. The van der Waals surface area contributed by atoms with E-state index in [0.717, 1.165) is 5.56 Å². The van der Waals surface area contributed by atoms with E-state index in [1.54, 1.807) is 18.2 Å². The molecule has 7 nitrogen and oxygen atoms in total. The maximum Gasteiger partial charge on any atom is 0.283 e. The molecule has 0 spiro atoms. The molecule has 0 fully saturated rings. The quantitative estimate of drug-likeness (QED) is 0.568. The van der Waals surface area contributed by atoms with Crippen LogP contribution in [0.25, 0.3) is 11.3 Å².